The van der Waals surface area contributed by atoms with E-state index in [1.54, 1.807) is 0 Å². The van der Waals surface area contributed by atoms with Gasteiger partial charge in [-0.05, 0) is 0 Å². The quantitative estimate of drug-likeness (QED) is 0.382. The Kier molecular flexibility index (Phi) is 5490. The third-order valence-corrected chi connectivity index (χ3v) is 0. The van der Waals surface area contributed by atoms with Gasteiger partial charge in [-0.1, -0.05) is 0 Å². The Balaban J connectivity index is 0. The standard InChI is InChI=1S/Fe.Mo.4H2O/h;;4*1H2/q+2;;;;;. The van der Waals surface area contributed by atoms with E-state index in [9.17, 15) is 0 Å². The zero-order valence-electron chi connectivity index (χ0n) is 2.76. The van der Waals surface area contributed by atoms with Crippen LogP contribution < -0.4 is 0 Å². The molecule has 0 amide bonds. The number of rotatable bonds is 0. The maximum atomic E-state index is 0. The van der Waals surface area contributed by atoms with Crippen molar-refractivity contribution >= 4 is 0 Å². The first-order chi connectivity index (χ1) is 0. The molecule has 6 heavy (non-hydrogen) atoms. The van der Waals surface area contributed by atoms with E-state index in [-0.39, 0.29) is 60.0 Å². The van der Waals surface area contributed by atoms with Gasteiger partial charge in [0, 0.05) is 21.1 Å². The molecule has 0 aromatic carbocycles. The molecule has 0 atom stereocenters. The summed E-state index contributed by atoms with van der Waals surface area (Å²) in [5.74, 6) is 0. The van der Waals surface area contributed by atoms with Crippen LogP contribution in [0.1, 0.15) is 0 Å². The summed E-state index contributed by atoms with van der Waals surface area (Å²) in [6.45, 7) is 0. The maximum Gasteiger partial charge on any atom is 2.00 e. The van der Waals surface area contributed by atoms with Crippen LogP contribution in [0.15, 0.2) is 0 Å². The van der Waals surface area contributed by atoms with Crippen molar-refractivity contribution in [1.82, 2.24) is 0 Å². The first kappa shape index (κ1) is 235. The van der Waals surface area contributed by atoms with Crippen molar-refractivity contribution in [1.29, 1.82) is 0 Å². The predicted octanol–water partition coefficient (Wildman–Crippen LogP) is -3.30. The number of hydrogen-bond acceptors (Lipinski definition) is 0. The summed E-state index contributed by atoms with van der Waals surface area (Å²) >= 11 is 0. The van der Waals surface area contributed by atoms with Gasteiger partial charge in [0.25, 0.3) is 0 Å². The largest absolute Gasteiger partial charge is 2.00 e. The second-order valence-corrected chi connectivity index (χ2v) is 0. The maximum absolute atomic E-state index is 0. The third-order valence-electron chi connectivity index (χ3n) is 0. The Bertz CT molecular complexity index is 7.51. The molecule has 4 nitrogen and oxygen atoms in total. The molecule has 0 aromatic heterocycles. The van der Waals surface area contributed by atoms with Crippen LogP contribution in [0.5, 0.6) is 0 Å². The molecule has 0 aliphatic rings. The topological polar surface area (TPSA) is 126 Å². The SMILES string of the molecule is O.O.O.O.[Fe+2].[Mo]. The Morgan fingerprint density at radius 3 is 0.500 bits per heavy atom. The molecule has 0 bridgehead atoms. The van der Waals surface area contributed by atoms with Gasteiger partial charge < -0.3 is 21.9 Å². The van der Waals surface area contributed by atoms with Gasteiger partial charge in [0.05, 0.1) is 0 Å². The van der Waals surface area contributed by atoms with Crippen molar-refractivity contribution < 1.29 is 60.0 Å². The third kappa shape index (κ3) is 75.3. The molecule has 0 rings (SSSR count). The van der Waals surface area contributed by atoms with E-state index in [0.29, 0.717) is 0 Å². The molecule has 6 heteroatoms. The second kappa shape index (κ2) is 140. The molecule has 0 spiro atoms. The van der Waals surface area contributed by atoms with Crippen LogP contribution in [-0.2, 0) is 38.1 Å². The summed E-state index contributed by atoms with van der Waals surface area (Å²) in [4.78, 5) is 0. The first-order valence-electron chi connectivity index (χ1n) is 0. The zero-order chi connectivity index (χ0) is 0. The van der Waals surface area contributed by atoms with E-state index in [4.69, 9.17) is 0 Å². The van der Waals surface area contributed by atoms with Gasteiger partial charge in [-0.15, -0.1) is 0 Å². The van der Waals surface area contributed by atoms with Crippen molar-refractivity contribution in [2.75, 3.05) is 0 Å². The summed E-state index contributed by atoms with van der Waals surface area (Å²) in [7, 11) is 0. The number of hydrogen-bond donors (Lipinski definition) is 0. The average Bonchev–Trinajstić information content (AvgIpc) is 0. The van der Waals surface area contributed by atoms with Crippen LogP contribution in [0.4, 0.5) is 0 Å². The van der Waals surface area contributed by atoms with Crippen molar-refractivity contribution in [3.05, 3.63) is 0 Å². The fraction of sp³-hybridized carbons (Fsp3) is 0. The first-order valence-corrected chi connectivity index (χ1v) is 0. The fourth-order valence-electron chi connectivity index (χ4n) is 0. The van der Waals surface area contributed by atoms with Crippen LogP contribution in [0.2, 0.25) is 0 Å². The van der Waals surface area contributed by atoms with Crippen molar-refractivity contribution in [3.63, 3.8) is 0 Å². The minimum Gasteiger partial charge on any atom is -0.412 e. The molecule has 0 saturated heterocycles. The average molecular weight is 224 g/mol. The van der Waals surface area contributed by atoms with Gasteiger partial charge in [0.15, 0.2) is 0 Å². The molecule has 0 aromatic rings. The van der Waals surface area contributed by atoms with Gasteiger partial charge >= 0.3 is 17.1 Å². The molecule has 0 radical (unpaired) electrons. The van der Waals surface area contributed by atoms with Gasteiger partial charge in [-0.3, -0.25) is 0 Å². The van der Waals surface area contributed by atoms with Gasteiger partial charge in [0.1, 0.15) is 0 Å². The smallest absolute Gasteiger partial charge is 0.412 e. The summed E-state index contributed by atoms with van der Waals surface area (Å²) in [5, 5.41) is 0. The van der Waals surface area contributed by atoms with Crippen LogP contribution >= 0.6 is 0 Å². The Morgan fingerprint density at radius 2 is 0.500 bits per heavy atom. The Hall–Kier alpha value is 1.05. The van der Waals surface area contributed by atoms with E-state index < -0.39 is 0 Å². The second-order valence-electron chi connectivity index (χ2n) is 0. The fourth-order valence-corrected chi connectivity index (χ4v) is 0. The minimum absolute atomic E-state index is 0. The van der Waals surface area contributed by atoms with E-state index in [1.165, 1.54) is 0 Å². The zero-order valence-corrected chi connectivity index (χ0v) is 5.87. The summed E-state index contributed by atoms with van der Waals surface area (Å²) in [6, 6.07) is 0. The van der Waals surface area contributed by atoms with E-state index >= 15 is 0 Å². The van der Waals surface area contributed by atoms with Gasteiger partial charge in [-0.25, -0.2) is 0 Å². The molecule has 0 saturated carbocycles. The van der Waals surface area contributed by atoms with Crippen LogP contribution in [0.25, 0.3) is 0 Å². The summed E-state index contributed by atoms with van der Waals surface area (Å²) in [5.41, 5.74) is 0. The summed E-state index contributed by atoms with van der Waals surface area (Å²) in [6.07, 6.45) is 0. The van der Waals surface area contributed by atoms with Crippen LogP contribution in [0, 0.1) is 0 Å². The van der Waals surface area contributed by atoms with E-state index in [2.05, 4.69) is 0 Å². The monoisotopic (exact) mass is 226 g/mol. The molecule has 0 unspecified atom stereocenters. The normalized spacial score (nSPS) is 0. The molecule has 8 N–H and O–H groups in total. The molecular weight excluding hydrogens is 216 g/mol. The molecule has 0 aliphatic heterocycles. The summed E-state index contributed by atoms with van der Waals surface area (Å²) < 4.78 is 0. The van der Waals surface area contributed by atoms with Crippen LogP contribution in [0.3, 0.4) is 0 Å². The molecule has 0 aliphatic carbocycles. The van der Waals surface area contributed by atoms with E-state index in [1.807, 2.05) is 0 Å². The van der Waals surface area contributed by atoms with E-state index in [0.717, 1.165) is 0 Å². The van der Waals surface area contributed by atoms with Crippen molar-refractivity contribution in [2.24, 2.45) is 0 Å². The molecule has 0 heterocycles. The van der Waals surface area contributed by atoms with Crippen LogP contribution in [-0.4, -0.2) is 21.9 Å². The molecule has 44 valence electrons. The Morgan fingerprint density at radius 1 is 0.500 bits per heavy atom. The predicted molar refractivity (Wildman–Crippen MR) is 14.5 cm³/mol. The van der Waals surface area contributed by atoms with Gasteiger partial charge in [-0.2, -0.15) is 0 Å². The molecular formula is H8FeMoO4+2. The van der Waals surface area contributed by atoms with Gasteiger partial charge in [0.2, 0.25) is 0 Å². The Labute approximate surface area is 60.3 Å². The minimum atomic E-state index is 0. The molecule has 0 fully saturated rings. The van der Waals surface area contributed by atoms with Crippen molar-refractivity contribution in [3.8, 4) is 0 Å². The van der Waals surface area contributed by atoms with Crippen molar-refractivity contribution in [2.45, 2.75) is 0 Å².